The molecule has 28 heavy (non-hydrogen) atoms. The molecule has 3 rings (SSSR count). The fourth-order valence-corrected chi connectivity index (χ4v) is 3.30. The van der Waals surface area contributed by atoms with Crippen LogP contribution in [0.2, 0.25) is 0 Å². The zero-order chi connectivity index (χ0) is 20.3. The fourth-order valence-electron chi connectivity index (χ4n) is 2.47. The van der Waals surface area contributed by atoms with Crippen LogP contribution in [0, 0.1) is 6.92 Å². The van der Waals surface area contributed by atoms with Crippen molar-refractivity contribution in [2.24, 2.45) is 4.99 Å². The summed E-state index contributed by atoms with van der Waals surface area (Å²) in [4.78, 5) is 17.5. The number of thiazole rings is 1. The van der Waals surface area contributed by atoms with Crippen molar-refractivity contribution in [2.45, 2.75) is 13.1 Å². The maximum absolute atomic E-state index is 12.8. The Morgan fingerprint density at radius 3 is 2.54 bits per heavy atom. The van der Waals surface area contributed by atoms with Crippen molar-refractivity contribution in [3.63, 3.8) is 0 Å². The van der Waals surface area contributed by atoms with Crippen LogP contribution >= 0.6 is 11.3 Å². The van der Waals surface area contributed by atoms with Crippen molar-refractivity contribution in [1.29, 1.82) is 0 Å². The van der Waals surface area contributed by atoms with Crippen LogP contribution in [0.4, 0.5) is 23.7 Å². The summed E-state index contributed by atoms with van der Waals surface area (Å²) in [5.41, 5.74) is 0.255. The molecule has 0 atom stereocenters. The lowest BCUT2D eigenvalue weighted by atomic mass is 10.2. The Morgan fingerprint density at radius 1 is 1.18 bits per heavy atom. The number of aromatic nitrogens is 1. The van der Waals surface area contributed by atoms with Crippen LogP contribution in [-0.2, 0) is 6.18 Å². The molecule has 1 aromatic heterocycles. The number of ether oxygens (including phenoxy) is 1. The second kappa shape index (κ2) is 7.89. The zero-order valence-electron chi connectivity index (χ0n) is 14.9. The van der Waals surface area contributed by atoms with E-state index in [1.54, 1.807) is 35.0 Å². The van der Waals surface area contributed by atoms with Gasteiger partial charge in [0.15, 0.2) is 4.80 Å². The number of amides is 2. The number of nitrogens with zero attached hydrogens (tertiary/aromatic N) is 2. The minimum Gasteiger partial charge on any atom is -0.497 e. The van der Waals surface area contributed by atoms with Gasteiger partial charge in [0.25, 0.3) is 0 Å². The van der Waals surface area contributed by atoms with Crippen LogP contribution in [0.5, 0.6) is 5.75 Å². The molecule has 1 N–H and O–H groups in total. The summed E-state index contributed by atoms with van der Waals surface area (Å²) in [6.07, 6.45) is -2.69. The molecule has 0 bridgehead atoms. The molecule has 0 unspecified atom stereocenters. The number of anilines is 1. The van der Waals surface area contributed by atoms with Crippen molar-refractivity contribution < 1.29 is 22.7 Å². The first-order valence-corrected chi connectivity index (χ1v) is 8.94. The van der Waals surface area contributed by atoms with Gasteiger partial charge in [0.05, 0.1) is 12.7 Å². The summed E-state index contributed by atoms with van der Waals surface area (Å²) >= 11 is 1.25. The van der Waals surface area contributed by atoms with Gasteiger partial charge in [-0.15, -0.1) is 11.3 Å². The quantitative estimate of drug-likeness (QED) is 0.664. The molecule has 0 aliphatic rings. The van der Waals surface area contributed by atoms with E-state index in [0.29, 0.717) is 21.9 Å². The summed E-state index contributed by atoms with van der Waals surface area (Å²) in [6, 6.07) is 10.9. The molecule has 0 aliphatic heterocycles. The highest BCUT2D eigenvalue weighted by molar-refractivity contribution is 7.09. The molecule has 2 amide bonds. The van der Waals surface area contributed by atoms with E-state index in [1.165, 1.54) is 30.6 Å². The lowest BCUT2D eigenvalue weighted by molar-refractivity contribution is -0.137. The number of carbonyl (C=O) groups is 1. The van der Waals surface area contributed by atoms with Gasteiger partial charge in [-0.3, -0.25) is 4.57 Å². The molecule has 1 heterocycles. The molecular formula is C19H16F3N3O2S. The molecule has 0 radical (unpaired) electrons. The first kappa shape index (κ1) is 19.7. The molecule has 0 spiro atoms. The van der Waals surface area contributed by atoms with E-state index in [-0.39, 0.29) is 0 Å². The van der Waals surface area contributed by atoms with Crippen molar-refractivity contribution >= 4 is 23.1 Å². The summed E-state index contributed by atoms with van der Waals surface area (Å²) in [6.45, 7) is 1.82. The van der Waals surface area contributed by atoms with E-state index in [0.717, 1.165) is 17.0 Å². The molecule has 0 aliphatic carbocycles. The number of alkyl halides is 3. The number of carbonyl (C=O) groups excluding carboxylic acids is 1. The molecule has 9 heteroatoms. The average molecular weight is 407 g/mol. The van der Waals surface area contributed by atoms with E-state index in [1.807, 2.05) is 6.92 Å². The first-order valence-electron chi connectivity index (χ1n) is 8.13. The molecular weight excluding hydrogens is 391 g/mol. The van der Waals surface area contributed by atoms with Crippen molar-refractivity contribution in [3.8, 4) is 11.4 Å². The number of urea groups is 1. The third-order valence-corrected chi connectivity index (χ3v) is 4.66. The largest absolute Gasteiger partial charge is 0.497 e. The van der Waals surface area contributed by atoms with Crippen LogP contribution in [0.15, 0.2) is 59.7 Å². The Morgan fingerprint density at radius 2 is 1.89 bits per heavy atom. The lowest BCUT2D eigenvalue weighted by Gasteiger charge is -2.08. The van der Waals surface area contributed by atoms with Crippen LogP contribution in [0.3, 0.4) is 0 Å². The molecule has 0 fully saturated rings. The van der Waals surface area contributed by atoms with E-state index < -0.39 is 17.8 Å². The number of aryl methyl sites for hydroxylation is 1. The number of nitrogens with one attached hydrogen (secondary N) is 1. The Kier molecular flexibility index (Phi) is 5.55. The van der Waals surface area contributed by atoms with Gasteiger partial charge in [-0.05, 0) is 43.3 Å². The summed E-state index contributed by atoms with van der Waals surface area (Å²) in [7, 11) is 1.52. The summed E-state index contributed by atoms with van der Waals surface area (Å²) in [5, 5.41) is 2.64. The highest BCUT2D eigenvalue weighted by Gasteiger charge is 2.30. The van der Waals surface area contributed by atoms with E-state index in [9.17, 15) is 18.0 Å². The minimum atomic E-state index is -4.41. The number of rotatable bonds is 3. The second-order valence-corrected chi connectivity index (χ2v) is 7.03. The maximum Gasteiger partial charge on any atom is 0.416 e. The minimum absolute atomic E-state index is 0.345. The Balaban J connectivity index is 1.89. The standard InChI is InChI=1S/C19H16F3N3O2S/c1-12-11-25(15-8-6-13(7-9-15)19(20,21)22)18(28-12)24-17(26)23-14-4-3-5-16(10-14)27-2/h3-11H,1-2H3,(H,23,26)/b24-18-. The van der Waals surface area contributed by atoms with E-state index in [2.05, 4.69) is 10.3 Å². The van der Waals surface area contributed by atoms with Gasteiger partial charge in [-0.1, -0.05) is 6.07 Å². The zero-order valence-corrected chi connectivity index (χ0v) is 15.8. The van der Waals surface area contributed by atoms with Gasteiger partial charge in [0.1, 0.15) is 5.75 Å². The van der Waals surface area contributed by atoms with Crippen LogP contribution in [0.1, 0.15) is 10.4 Å². The number of methoxy groups -OCH3 is 1. The number of benzene rings is 2. The monoisotopic (exact) mass is 407 g/mol. The Hall–Kier alpha value is -3.07. The number of hydrogen-bond acceptors (Lipinski definition) is 3. The van der Waals surface area contributed by atoms with Crippen LogP contribution in [-0.4, -0.2) is 17.7 Å². The topological polar surface area (TPSA) is 55.6 Å². The first-order chi connectivity index (χ1) is 13.3. The van der Waals surface area contributed by atoms with Gasteiger partial charge in [-0.2, -0.15) is 18.2 Å². The van der Waals surface area contributed by atoms with Gasteiger partial charge >= 0.3 is 12.2 Å². The van der Waals surface area contributed by atoms with E-state index in [4.69, 9.17) is 4.74 Å². The van der Waals surface area contributed by atoms with Crippen molar-refractivity contribution in [2.75, 3.05) is 12.4 Å². The van der Waals surface area contributed by atoms with Crippen LogP contribution in [0.25, 0.3) is 5.69 Å². The summed E-state index contributed by atoms with van der Waals surface area (Å²) in [5.74, 6) is 0.588. The average Bonchev–Trinajstić information content (AvgIpc) is 3.01. The predicted octanol–water partition coefficient (Wildman–Crippen LogP) is 5.01. The maximum atomic E-state index is 12.8. The Labute approximate surface area is 162 Å². The molecule has 3 aromatic rings. The van der Waals surface area contributed by atoms with Gasteiger partial charge in [-0.25, -0.2) is 4.79 Å². The smallest absolute Gasteiger partial charge is 0.416 e. The van der Waals surface area contributed by atoms with Crippen molar-refractivity contribution in [1.82, 2.24) is 4.57 Å². The second-order valence-electron chi connectivity index (χ2n) is 5.81. The number of hydrogen-bond donors (Lipinski definition) is 1. The highest BCUT2D eigenvalue weighted by atomic mass is 32.1. The van der Waals surface area contributed by atoms with E-state index >= 15 is 0 Å². The SMILES string of the molecule is COc1cccc(NC(=O)/N=c2\sc(C)cn2-c2ccc(C(F)(F)F)cc2)c1. The Bertz CT molecular complexity index is 1050. The summed E-state index contributed by atoms with van der Waals surface area (Å²) < 4.78 is 44.9. The van der Waals surface area contributed by atoms with Gasteiger partial charge in [0.2, 0.25) is 0 Å². The molecule has 5 nitrogen and oxygen atoms in total. The molecule has 0 saturated carbocycles. The predicted molar refractivity (Wildman–Crippen MR) is 101 cm³/mol. The van der Waals surface area contributed by atoms with Gasteiger partial charge < -0.3 is 10.1 Å². The fraction of sp³-hybridized carbons (Fsp3) is 0.158. The van der Waals surface area contributed by atoms with Crippen molar-refractivity contribution in [3.05, 3.63) is 70.0 Å². The normalized spacial score (nSPS) is 12.1. The molecule has 146 valence electrons. The van der Waals surface area contributed by atoms with Crippen LogP contribution < -0.4 is 14.9 Å². The molecule has 0 saturated heterocycles. The molecule has 2 aromatic carbocycles. The highest BCUT2D eigenvalue weighted by Crippen LogP contribution is 2.29. The third kappa shape index (κ3) is 4.61. The number of halogens is 3. The lowest BCUT2D eigenvalue weighted by Crippen LogP contribution is -2.17. The third-order valence-electron chi connectivity index (χ3n) is 3.76. The van der Waals surface area contributed by atoms with Gasteiger partial charge in [0, 0.05) is 28.5 Å².